The van der Waals surface area contributed by atoms with Crippen molar-refractivity contribution >= 4 is 34.8 Å². The van der Waals surface area contributed by atoms with E-state index in [-0.39, 0.29) is 23.7 Å². The van der Waals surface area contributed by atoms with E-state index < -0.39 is 0 Å². The van der Waals surface area contributed by atoms with Crippen LogP contribution in [0.3, 0.4) is 0 Å². The first kappa shape index (κ1) is 10.6. The van der Waals surface area contributed by atoms with E-state index in [1.54, 1.807) is 12.1 Å². The molecule has 0 radical (unpaired) electrons. The van der Waals surface area contributed by atoms with E-state index in [1.807, 2.05) is 6.92 Å². The highest BCUT2D eigenvalue weighted by Gasteiger charge is 2.59. The summed E-state index contributed by atoms with van der Waals surface area (Å²) in [4.78, 5) is 25.1. The number of imide groups is 1. The van der Waals surface area contributed by atoms with Gasteiger partial charge in [-0.1, -0.05) is 11.6 Å². The van der Waals surface area contributed by atoms with Crippen molar-refractivity contribution in [2.75, 3.05) is 10.6 Å². The molecule has 1 aromatic carbocycles. The molecule has 1 heterocycles. The average molecular weight is 251 g/mol. The third-order valence-electron chi connectivity index (χ3n) is 3.42. The third kappa shape index (κ3) is 1.37. The van der Waals surface area contributed by atoms with Gasteiger partial charge in [0.1, 0.15) is 0 Å². The molecule has 1 saturated heterocycles. The zero-order chi connectivity index (χ0) is 12.3. The topological polar surface area (TPSA) is 63.4 Å². The van der Waals surface area contributed by atoms with Gasteiger partial charge in [0.2, 0.25) is 11.8 Å². The van der Waals surface area contributed by atoms with Crippen LogP contribution in [0.15, 0.2) is 12.1 Å². The zero-order valence-corrected chi connectivity index (χ0v) is 9.99. The Morgan fingerprint density at radius 1 is 1.29 bits per heavy atom. The summed E-state index contributed by atoms with van der Waals surface area (Å²) in [6, 6.07) is 3.27. The van der Waals surface area contributed by atoms with Crippen molar-refractivity contribution in [2.45, 2.75) is 13.3 Å². The molecule has 0 spiro atoms. The van der Waals surface area contributed by atoms with E-state index in [2.05, 4.69) is 0 Å². The maximum Gasteiger partial charge on any atom is 0.237 e. The lowest BCUT2D eigenvalue weighted by molar-refractivity contribution is -0.123. The standard InChI is InChI=1S/C12H11ClN2O2/c1-5-2-9(14)8(13)4-10(5)15-11(16)6-3-7(6)12(15)17/h2,4,6-7H,3,14H2,1H3. The van der Waals surface area contributed by atoms with Crippen LogP contribution >= 0.6 is 11.6 Å². The van der Waals surface area contributed by atoms with Gasteiger partial charge in [-0.15, -0.1) is 0 Å². The first-order valence-corrected chi connectivity index (χ1v) is 5.82. The molecule has 1 aliphatic carbocycles. The van der Waals surface area contributed by atoms with Crippen molar-refractivity contribution in [1.82, 2.24) is 0 Å². The largest absolute Gasteiger partial charge is 0.398 e. The number of nitrogens with two attached hydrogens (primary N) is 1. The molecule has 1 saturated carbocycles. The summed E-state index contributed by atoms with van der Waals surface area (Å²) in [7, 11) is 0. The quantitative estimate of drug-likeness (QED) is 0.610. The Morgan fingerprint density at radius 2 is 1.88 bits per heavy atom. The highest BCUT2D eigenvalue weighted by molar-refractivity contribution is 6.34. The number of carbonyl (C=O) groups excluding carboxylic acids is 2. The number of aryl methyl sites for hydroxylation is 1. The predicted octanol–water partition coefficient (Wildman–Crippen LogP) is 1.74. The minimum Gasteiger partial charge on any atom is -0.398 e. The van der Waals surface area contributed by atoms with E-state index in [4.69, 9.17) is 17.3 Å². The molecule has 5 heteroatoms. The normalized spacial score (nSPS) is 26.4. The van der Waals surface area contributed by atoms with Crippen LogP contribution in [0.5, 0.6) is 0 Å². The van der Waals surface area contributed by atoms with Gasteiger partial charge in [-0.2, -0.15) is 0 Å². The summed E-state index contributed by atoms with van der Waals surface area (Å²) in [6.45, 7) is 1.81. The Balaban J connectivity index is 2.08. The van der Waals surface area contributed by atoms with Gasteiger partial charge in [-0.05, 0) is 31.0 Å². The van der Waals surface area contributed by atoms with Crippen LogP contribution in [-0.4, -0.2) is 11.8 Å². The van der Waals surface area contributed by atoms with Gasteiger partial charge in [-0.3, -0.25) is 9.59 Å². The number of anilines is 2. The summed E-state index contributed by atoms with van der Waals surface area (Å²) in [5, 5.41) is 0.367. The number of halogens is 1. The molecular formula is C12H11ClN2O2. The van der Waals surface area contributed by atoms with Gasteiger partial charge in [-0.25, -0.2) is 4.90 Å². The number of rotatable bonds is 1. The second-order valence-electron chi connectivity index (χ2n) is 4.62. The van der Waals surface area contributed by atoms with E-state index >= 15 is 0 Å². The maximum absolute atomic E-state index is 11.9. The molecule has 2 amide bonds. The lowest BCUT2D eigenvalue weighted by Gasteiger charge is -2.19. The van der Waals surface area contributed by atoms with E-state index in [0.717, 1.165) is 5.56 Å². The van der Waals surface area contributed by atoms with Crippen molar-refractivity contribution in [3.63, 3.8) is 0 Å². The van der Waals surface area contributed by atoms with Crippen LogP contribution in [0.4, 0.5) is 11.4 Å². The van der Waals surface area contributed by atoms with Gasteiger partial charge >= 0.3 is 0 Å². The highest BCUT2D eigenvalue weighted by atomic mass is 35.5. The molecule has 4 nitrogen and oxygen atoms in total. The van der Waals surface area contributed by atoms with E-state index in [9.17, 15) is 9.59 Å². The Morgan fingerprint density at radius 3 is 2.47 bits per heavy atom. The minimum atomic E-state index is -0.107. The third-order valence-corrected chi connectivity index (χ3v) is 3.75. The highest BCUT2D eigenvalue weighted by Crippen LogP contribution is 2.49. The van der Waals surface area contributed by atoms with Gasteiger partial charge < -0.3 is 5.73 Å². The van der Waals surface area contributed by atoms with E-state index in [1.165, 1.54) is 4.90 Å². The Kier molecular flexibility index (Phi) is 2.01. The fourth-order valence-corrected chi connectivity index (χ4v) is 2.51. The number of nitrogens with zero attached hydrogens (tertiary/aromatic N) is 1. The predicted molar refractivity (Wildman–Crippen MR) is 64.7 cm³/mol. The Labute approximate surface area is 103 Å². The molecule has 2 unspecified atom stereocenters. The van der Waals surface area contributed by atoms with Crippen molar-refractivity contribution in [3.8, 4) is 0 Å². The molecule has 2 N–H and O–H groups in total. The second-order valence-corrected chi connectivity index (χ2v) is 5.03. The number of piperidine rings is 1. The minimum absolute atomic E-state index is 0.0989. The molecule has 2 atom stereocenters. The maximum atomic E-state index is 11.9. The fraction of sp³-hybridized carbons (Fsp3) is 0.333. The average Bonchev–Trinajstić information content (AvgIpc) is 3.00. The second kappa shape index (κ2) is 3.23. The van der Waals surface area contributed by atoms with Crippen molar-refractivity contribution < 1.29 is 9.59 Å². The first-order valence-electron chi connectivity index (χ1n) is 5.44. The molecule has 17 heavy (non-hydrogen) atoms. The van der Waals surface area contributed by atoms with Crippen LogP contribution in [0.1, 0.15) is 12.0 Å². The van der Waals surface area contributed by atoms with Crippen LogP contribution in [-0.2, 0) is 9.59 Å². The van der Waals surface area contributed by atoms with Crippen LogP contribution in [0.25, 0.3) is 0 Å². The molecule has 0 aromatic heterocycles. The summed E-state index contributed by atoms with van der Waals surface area (Å²) in [5.41, 5.74) is 7.48. The summed E-state index contributed by atoms with van der Waals surface area (Å²) >= 11 is 5.93. The molecule has 1 aromatic rings. The van der Waals surface area contributed by atoms with Crippen molar-refractivity contribution in [2.24, 2.45) is 11.8 Å². The molecule has 0 bridgehead atoms. The first-order chi connectivity index (χ1) is 8.00. The summed E-state index contributed by atoms with van der Waals surface area (Å²) in [6.07, 6.45) is 0.704. The molecule has 3 rings (SSSR count). The molecule has 1 aliphatic heterocycles. The van der Waals surface area contributed by atoms with Crippen LogP contribution in [0.2, 0.25) is 5.02 Å². The number of carbonyl (C=O) groups is 2. The van der Waals surface area contributed by atoms with Gasteiger partial charge in [0, 0.05) is 0 Å². The van der Waals surface area contributed by atoms with Crippen molar-refractivity contribution in [1.29, 1.82) is 0 Å². The number of nitrogen functional groups attached to an aromatic ring is 1. The number of fused-ring (bicyclic) bond motifs is 1. The zero-order valence-electron chi connectivity index (χ0n) is 9.24. The summed E-state index contributed by atoms with van der Waals surface area (Å²) < 4.78 is 0. The van der Waals surface area contributed by atoms with E-state index in [0.29, 0.717) is 22.8 Å². The molecule has 2 fully saturated rings. The number of hydrogen-bond acceptors (Lipinski definition) is 3. The van der Waals surface area contributed by atoms with Gasteiger partial charge in [0.15, 0.2) is 0 Å². The van der Waals surface area contributed by atoms with Gasteiger partial charge in [0.05, 0.1) is 28.2 Å². The van der Waals surface area contributed by atoms with Crippen LogP contribution in [0, 0.1) is 18.8 Å². The Hall–Kier alpha value is -1.55. The molecule has 88 valence electrons. The Bertz CT molecular complexity index is 536. The van der Waals surface area contributed by atoms with Gasteiger partial charge in [0.25, 0.3) is 0 Å². The van der Waals surface area contributed by atoms with Crippen LogP contribution < -0.4 is 10.6 Å². The summed E-state index contributed by atoms with van der Waals surface area (Å²) in [5.74, 6) is -0.413. The monoisotopic (exact) mass is 250 g/mol. The smallest absolute Gasteiger partial charge is 0.237 e. The lowest BCUT2D eigenvalue weighted by Crippen LogP contribution is -2.33. The molecule has 2 aliphatic rings. The van der Waals surface area contributed by atoms with Crippen molar-refractivity contribution in [3.05, 3.63) is 22.7 Å². The lowest BCUT2D eigenvalue weighted by atomic mass is 10.1. The fourth-order valence-electron chi connectivity index (χ4n) is 2.35. The SMILES string of the molecule is Cc1cc(N)c(Cl)cc1N1C(=O)C2CC2C1=O. The number of hydrogen-bond donors (Lipinski definition) is 1. The number of amides is 2. The molecular weight excluding hydrogens is 240 g/mol. The number of benzene rings is 1.